The van der Waals surface area contributed by atoms with Crippen molar-refractivity contribution in [1.82, 2.24) is 19.8 Å². The summed E-state index contributed by atoms with van der Waals surface area (Å²) in [5, 5.41) is 14.0. The van der Waals surface area contributed by atoms with Gasteiger partial charge >= 0.3 is 0 Å². The number of ether oxygens (including phenoxy) is 2. The lowest BCUT2D eigenvalue weighted by Crippen LogP contribution is -2.02. The Morgan fingerprint density at radius 3 is 2.41 bits per heavy atom. The van der Waals surface area contributed by atoms with Gasteiger partial charge in [0.25, 0.3) is 0 Å². The summed E-state index contributed by atoms with van der Waals surface area (Å²) in [7, 11) is 0. The molecule has 2 aromatic heterocycles. The summed E-state index contributed by atoms with van der Waals surface area (Å²) in [4.78, 5) is 0.787. The molecule has 0 spiro atoms. The van der Waals surface area contributed by atoms with E-state index in [1.807, 2.05) is 53.9 Å². The summed E-state index contributed by atoms with van der Waals surface area (Å²) in [6.45, 7) is 2.93. The second-order valence-corrected chi connectivity index (χ2v) is 7.00. The molecule has 0 unspecified atom stereocenters. The van der Waals surface area contributed by atoms with Gasteiger partial charge in [-0.25, -0.2) is 0 Å². The van der Waals surface area contributed by atoms with Crippen LogP contribution >= 0.6 is 11.3 Å². The highest BCUT2D eigenvalue weighted by molar-refractivity contribution is 7.16. The Kier molecular flexibility index (Phi) is 5.29. The van der Waals surface area contributed by atoms with Gasteiger partial charge in [-0.15, -0.1) is 10.2 Å². The second kappa shape index (κ2) is 8.18. The number of fused-ring (bicyclic) bond motifs is 1. The minimum absolute atomic E-state index is 0.371. The van der Waals surface area contributed by atoms with Crippen LogP contribution in [0, 0.1) is 0 Å². The van der Waals surface area contributed by atoms with E-state index in [0.29, 0.717) is 13.2 Å². The van der Waals surface area contributed by atoms with Gasteiger partial charge in [-0.3, -0.25) is 0 Å². The van der Waals surface area contributed by atoms with Crippen molar-refractivity contribution in [2.75, 3.05) is 6.61 Å². The van der Waals surface area contributed by atoms with Gasteiger partial charge in [0, 0.05) is 6.42 Å². The summed E-state index contributed by atoms with van der Waals surface area (Å²) in [6, 6.07) is 18.0. The summed E-state index contributed by atoms with van der Waals surface area (Å²) in [6.07, 6.45) is 1.70. The van der Waals surface area contributed by atoms with Crippen LogP contribution in [-0.2, 0) is 19.4 Å². The number of aryl methyl sites for hydroxylation is 2. The standard InChI is InChI=1S/C20H20N4O2S/c1-2-25-16-10-6-7-11-17(16)26-14-19-23-24-18(21-22-20(24)27-19)13-12-15-8-4-3-5-9-15/h3-11H,2,12-14H2,1H3. The molecule has 2 aromatic carbocycles. The van der Waals surface area contributed by atoms with Crippen molar-refractivity contribution in [3.63, 3.8) is 0 Å². The first-order chi connectivity index (χ1) is 13.3. The average molecular weight is 380 g/mol. The number of aromatic nitrogens is 4. The van der Waals surface area contributed by atoms with Gasteiger partial charge < -0.3 is 9.47 Å². The number of benzene rings is 2. The fourth-order valence-electron chi connectivity index (χ4n) is 2.80. The summed E-state index contributed by atoms with van der Waals surface area (Å²) >= 11 is 1.49. The van der Waals surface area contributed by atoms with E-state index in [9.17, 15) is 0 Å². The Balaban J connectivity index is 1.44. The van der Waals surface area contributed by atoms with Crippen LogP contribution in [-0.4, -0.2) is 26.4 Å². The Morgan fingerprint density at radius 2 is 1.63 bits per heavy atom. The SMILES string of the molecule is CCOc1ccccc1OCc1nn2c(CCc3ccccc3)nnc2s1. The van der Waals surface area contributed by atoms with Crippen LogP contribution in [0.1, 0.15) is 23.3 Å². The van der Waals surface area contributed by atoms with E-state index in [4.69, 9.17) is 9.47 Å². The number of hydrogen-bond acceptors (Lipinski definition) is 6. The van der Waals surface area contributed by atoms with Crippen molar-refractivity contribution in [3.05, 3.63) is 71.0 Å². The molecule has 6 nitrogen and oxygen atoms in total. The van der Waals surface area contributed by atoms with E-state index in [2.05, 4.69) is 27.4 Å². The molecule has 0 aliphatic carbocycles. The minimum atomic E-state index is 0.371. The van der Waals surface area contributed by atoms with Crippen molar-refractivity contribution in [2.24, 2.45) is 0 Å². The third-order valence-corrected chi connectivity index (χ3v) is 4.95. The largest absolute Gasteiger partial charge is 0.490 e. The fourth-order valence-corrected chi connectivity index (χ4v) is 3.56. The lowest BCUT2D eigenvalue weighted by Gasteiger charge is -2.10. The van der Waals surface area contributed by atoms with Gasteiger partial charge in [0.2, 0.25) is 4.96 Å². The third kappa shape index (κ3) is 4.09. The maximum atomic E-state index is 5.91. The first kappa shape index (κ1) is 17.5. The molecule has 0 bridgehead atoms. The van der Waals surface area contributed by atoms with Crippen LogP contribution in [0.4, 0.5) is 0 Å². The molecule has 0 fully saturated rings. The van der Waals surface area contributed by atoms with Gasteiger partial charge in [0.1, 0.15) is 6.61 Å². The van der Waals surface area contributed by atoms with E-state index in [-0.39, 0.29) is 0 Å². The molecule has 0 aliphatic rings. The van der Waals surface area contributed by atoms with Gasteiger partial charge in [0.05, 0.1) is 6.61 Å². The highest BCUT2D eigenvalue weighted by Gasteiger charge is 2.13. The zero-order valence-electron chi connectivity index (χ0n) is 15.0. The molecule has 27 heavy (non-hydrogen) atoms. The number of hydrogen-bond donors (Lipinski definition) is 0. The molecule has 0 aliphatic heterocycles. The molecule has 0 N–H and O–H groups in total. The first-order valence-electron chi connectivity index (χ1n) is 8.92. The molecule has 0 saturated heterocycles. The van der Waals surface area contributed by atoms with Gasteiger partial charge in [0.15, 0.2) is 22.3 Å². The quantitative estimate of drug-likeness (QED) is 0.463. The zero-order chi connectivity index (χ0) is 18.5. The highest BCUT2D eigenvalue weighted by atomic mass is 32.1. The molecule has 0 amide bonds. The summed E-state index contributed by atoms with van der Waals surface area (Å²) in [5.41, 5.74) is 1.28. The molecule has 7 heteroatoms. The van der Waals surface area contributed by atoms with E-state index < -0.39 is 0 Å². The number of rotatable bonds is 8. The van der Waals surface area contributed by atoms with Crippen LogP contribution in [0.15, 0.2) is 54.6 Å². The zero-order valence-corrected chi connectivity index (χ0v) is 15.9. The summed E-state index contributed by atoms with van der Waals surface area (Å²) in [5.74, 6) is 2.33. The molecular weight excluding hydrogens is 360 g/mol. The number of nitrogens with zero attached hydrogens (tertiary/aromatic N) is 4. The van der Waals surface area contributed by atoms with E-state index in [1.165, 1.54) is 16.9 Å². The van der Waals surface area contributed by atoms with Gasteiger partial charge in [-0.05, 0) is 31.0 Å². The van der Waals surface area contributed by atoms with Crippen molar-refractivity contribution in [3.8, 4) is 11.5 Å². The normalized spacial score (nSPS) is 11.0. The molecule has 4 aromatic rings. The summed E-state index contributed by atoms with van der Waals surface area (Å²) < 4.78 is 13.3. The van der Waals surface area contributed by atoms with Crippen LogP contribution in [0.25, 0.3) is 4.96 Å². The van der Waals surface area contributed by atoms with Gasteiger partial charge in [-0.2, -0.15) is 9.61 Å². The molecule has 0 atom stereocenters. The Labute approximate surface area is 161 Å². The second-order valence-electron chi connectivity index (χ2n) is 5.96. The van der Waals surface area contributed by atoms with Crippen LogP contribution in [0.2, 0.25) is 0 Å². The predicted molar refractivity (Wildman–Crippen MR) is 104 cm³/mol. The molecule has 0 saturated carbocycles. The monoisotopic (exact) mass is 380 g/mol. The van der Waals surface area contributed by atoms with E-state index in [1.54, 1.807) is 0 Å². The Hall–Kier alpha value is -2.93. The smallest absolute Gasteiger partial charge is 0.234 e. The molecule has 4 rings (SSSR count). The average Bonchev–Trinajstić information content (AvgIpc) is 3.27. The van der Waals surface area contributed by atoms with Crippen molar-refractivity contribution >= 4 is 16.3 Å². The maximum absolute atomic E-state index is 5.91. The lowest BCUT2D eigenvalue weighted by atomic mass is 10.1. The van der Waals surface area contributed by atoms with Crippen molar-refractivity contribution < 1.29 is 9.47 Å². The topological polar surface area (TPSA) is 61.5 Å². The predicted octanol–water partition coefficient (Wildman–Crippen LogP) is 3.95. The highest BCUT2D eigenvalue weighted by Crippen LogP contribution is 2.27. The molecule has 0 radical (unpaired) electrons. The fraction of sp³-hybridized carbons (Fsp3) is 0.250. The van der Waals surface area contributed by atoms with Crippen molar-refractivity contribution in [2.45, 2.75) is 26.4 Å². The molecular formula is C20H20N4O2S. The van der Waals surface area contributed by atoms with E-state index in [0.717, 1.165) is 40.1 Å². The number of para-hydroxylation sites is 2. The minimum Gasteiger partial charge on any atom is -0.490 e. The van der Waals surface area contributed by atoms with E-state index >= 15 is 0 Å². The first-order valence-corrected chi connectivity index (χ1v) is 9.73. The van der Waals surface area contributed by atoms with Crippen molar-refractivity contribution in [1.29, 1.82) is 0 Å². The third-order valence-electron chi connectivity index (χ3n) is 4.08. The van der Waals surface area contributed by atoms with Gasteiger partial charge in [-0.1, -0.05) is 53.8 Å². The lowest BCUT2D eigenvalue weighted by molar-refractivity contribution is 0.268. The van der Waals surface area contributed by atoms with Crippen LogP contribution in [0.5, 0.6) is 11.5 Å². The molecule has 2 heterocycles. The maximum Gasteiger partial charge on any atom is 0.234 e. The van der Waals surface area contributed by atoms with Crippen LogP contribution < -0.4 is 9.47 Å². The Bertz CT molecular complexity index is 1010. The van der Waals surface area contributed by atoms with Crippen LogP contribution in [0.3, 0.4) is 0 Å². The Morgan fingerprint density at radius 1 is 0.889 bits per heavy atom. The molecule has 138 valence electrons.